The monoisotopic (exact) mass is 384 g/mol. The Balaban J connectivity index is 2.29. The van der Waals surface area contributed by atoms with Gasteiger partial charge in [-0.3, -0.25) is 4.99 Å². The van der Waals surface area contributed by atoms with E-state index in [1.807, 2.05) is 17.8 Å². The number of allylic oxidation sites excluding steroid dienone is 2. The number of rotatable bonds is 11. The zero-order chi connectivity index (χ0) is 19.8. The first-order valence-corrected chi connectivity index (χ1v) is 11.1. The van der Waals surface area contributed by atoms with Gasteiger partial charge in [-0.1, -0.05) is 32.6 Å². The Kier molecular flexibility index (Phi) is 8.85. The van der Waals surface area contributed by atoms with Gasteiger partial charge in [0.1, 0.15) is 0 Å². The second kappa shape index (κ2) is 10.9. The van der Waals surface area contributed by atoms with Crippen molar-refractivity contribution in [2.75, 3.05) is 27.2 Å². The zero-order valence-corrected chi connectivity index (χ0v) is 18.4. The molecule has 1 aromatic rings. The Morgan fingerprint density at radius 2 is 2.11 bits per heavy atom. The van der Waals surface area contributed by atoms with Crippen molar-refractivity contribution in [3.63, 3.8) is 0 Å². The molecule has 0 bridgehead atoms. The van der Waals surface area contributed by atoms with Crippen LogP contribution in [0.4, 0.5) is 0 Å². The molecule has 0 radical (unpaired) electrons. The Hall–Kier alpha value is -1.32. The molecule has 1 aromatic carbocycles. The Morgan fingerprint density at radius 3 is 2.70 bits per heavy atom. The van der Waals surface area contributed by atoms with Gasteiger partial charge in [0.15, 0.2) is 0 Å². The first-order chi connectivity index (χ1) is 13.0. The average molecular weight is 385 g/mol. The lowest BCUT2D eigenvalue weighted by atomic mass is 9.91. The standard InChI is InChI=1S/C24H36N2S/c1-7-10-11-19(17-26(5)6)12-20-13-21(18(4)8-2)15-22(14-20)24-25-16-23(9-3)27-24/h7,13-15,19,23H,1,4,8-12,16-17H2,2-3,5-6H3. The van der Waals surface area contributed by atoms with E-state index >= 15 is 0 Å². The summed E-state index contributed by atoms with van der Waals surface area (Å²) >= 11 is 1.94. The molecule has 0 aliphatic carbocycles. The summed E-state index contributed by atoms with van der Waals surface area (Å²) < 4.78 is 0. The number of hydrogen-bond donors (Lipinski definition) is 0. The molecule has 0 fully saturated rings. The maximum atomic E-state index is 4.83. The smallest absolute Gasteiger partial charge is 0.0980 e. The Morgan fingerprint density at radius 1 is 1.33 bits per heavy atom. The summed E-state index contributed by atoms with van der Waals surface area (Å²) in [5.41, 5.74) is 5.19. The van der Waals surface area contributed by atoms with Gasteiger partial charge in [-0.25, -0.2) is 0 Å². The quantitative estimate of drug-likeness (QED) is 0.430. The fraction of sp³-hybridized carbons (Fsp3) is 0.542. The van der Waals surface area contributed by atoms with Crippen LogP contribution < -0.4 is 0 Å². The van der Waals surface area contributed by atoms with Gasteiger partial charge in [0.25, 0.3) is 0 Å². The van der Waals surface area contributed by atoms with Crippen LogP contribution in [0.2, 0.25) is 0 Å². The Bertz CT molecular complexity index is 675. The van der Waals surface area contributed by atoms with E-state index in [-0.39, 0.29) is 0 Å². The van der Waals surface area contributed by atoms with Gasteiger partial charge < -0.3 is 4.90 Å². The molecule has 2 unspecified atom stereocenters. The highest BCUT2D eigenvalue weighted by Crippen LogP contribution is 2.31. The molecular formula is C24H36N2S. The molecule has 1 aliphatic rings. The van der Waals surface area contributed by atoms with E-state index in [1.54, 1.807) is 0 Å². The van der Waals surface area contributed by atoms with E-state index < -0.39 is 0 Å². The Labute approximate surface area is 170 Å². The maximum absolute atomic E-state index is 4.83. The van der Waals surface area contributed by atoms with Gasteiger partial charge in [0.2, 0.25) is 0 Å². The lowest BCUT2D eigenvalue weighted by Crippen LogP contribution is -2.23. The minimum Gasteiger partial charge on any atom is -0.309 e. The normalized spacial score (nSPS) is 17.8. The van der Waals surface area contributed by atoms with Crippen LogP contribution in [0.25, 0.3) is 5.57 Å². The van der Waals surface area contributed by atoms with E-state index in [2.05, 4.69) is 64.2 Å². The summed E-state index contributed by atoms with van der Waals surface area (Å²) in [7, 11) is 4.33. The third kappa shape index (κ3) is 6.65. The van der Waals surface area contributed by atoms with E-state index in [0.29, 0.717) is 11.2 Å². The van der Waals surface area contributed by atoms with Gasteiger partial charge in [-0.05, 0) is 81.0 Å². The third-order valence-corrected chi connectivity index (χ3v) is 6.58. The van der Waals surface area contributed by atoms with E-state index in [0.717, 1.165) is 32.4 Å². The van der Waals surface area contributed by atoms with Crippen molar-refractivity contribution < 1.29 is 0 Å². The molecule has 0 spiro atoms. The first-order valence-electron chi connectivity index (χ1n) is 10.3. The van der Waals surface area contributed by atoms with Crippen LogP contribution in [0.1, 0.15) is 56.2 Å². The van der Waals surface area contributed by atoms with Crippen LogP contribution in [-0.4, -0.2) is 42.4 Å². The van der Waals surface area contributed by atoms with Crippen molar-refractivity contribution in [3.05, 3.63) is 54.1 Å². The summed E-state index contributed by atoms with van der Waals surface area (Å²) in [5, 5.41) is 1.85. The third-order valence-electron chi connectivity index (χ3n) is 5.17. The molecule has 1 heterocycles. The first kappa shape index (κ1) is 22.0. The molecule has 2 nitrogen and oxygen atoms in total. The zero-order valence-electron chi connectivity index (χ0n) is 17.6. The molecule has 148 valence electrons. The molecular weight excluding hydrogens is 348 g/mol. The second-order valence-electron chi connectivity index (χ2n) is 7.87. The van der Waals surface area contributed by atoms with Crippen LogP contribution >= 0.6 is 11.8 Å². The molecule has 2 rings (SSSR count). The molecule has 0 aromatic heterocycles. The predicted octanol–water partition coefficient (Wildman–Crippen LogP) is 6.07. The minimum atomic E-state index is 0.635. The molecule has 0 N–H and O–H groups in total. The summed E-state index contributed by atoms with van der Waals surface area (Å²) in [5.74, 6) is 0.637. The fourth-order valence-corrected chi connectivity index (χ4v) is 4.63. The highest BCUT2D eigenvalue weighted by Gasteiger charge is 2.20. The molecule has 27 heavy (non-hydrogen) atoms. The summed E-state index contributed by atoms with van der Waals surface area (Å²) in [6.45, 7) is 14.7. The van der Waals surface area contributed by atoms with Crippen molar-refractivity contribution in [2.24, 2.45) is 10.9 Å². The number of hydrogen-bond acceptors (Lipinski definition) is 3. The number of aliphatic imine (C=N–C) groups is 1. The molecule has 0 amide bonds. The maximum Gasteiger partial charge on any atom is 0.0980 e. The largest absolute Gasteiger partial charge is 0.309 e. The molecule has 3 heteroatoms. The van der Waals surface area contributed by atoms with Gasteiger partial charge in [-0.2, -0.15) is 0 Å². The molecule has 0 saturated carbocycles. The molecule has 2 atom stereocenters. The van der Waals surface area contributed by atoms with Gasteiger partial charge in [0, 0.05) is 17.4 Å². The van der Waals surface area contributed by atoms with E-state index in [4.69, 9.17) is 4.99 Å². The number of nitrogens with zero attached hydrogens (tertiary/aromatic N) is 2. The summed E-state index contributed by atoms with van der Waals surface area (Å²) in [4.78, 5) is 7.13. The van der Waals surface area contributed by atoms with Crippen molar-refractivity contribution >= 4 is 22.4 Å². The van der Waals surface area contributed by atoms with Crippen LogP contribution in [-0.2, 0) is 6.42 Å². The van der Waals surface area contributed by atoms with E-state index in [1.165, 1.54) is 40.1 Å². The fourth-order valence-electron chi connectivity index (χ4n) is 3.59. The average Bonchev–Trinajstić information content (AvgIpc) is 3.14. The van der Waals surface area contributed by atoms with Crippen LogP contribution in [0.3, 0.4) is 0 Å². The summed E-state index contributed by atoms with van der Waals surface area (Å²) in [6.07, 6.45) is 7.56. The van der Waals surface area contributed by atoms with Crippen LogP contribution in [0, 0.1) is 5.92 Å². The van der Waals surface area contributed by atoms with Gasteiger partial charge in [0.05, 0.1) is 11.6 Å². The topological polar surface area (TPSA) is 15.6 Å². The molecule has 1 aliphatic heterocycles. The van der Waals surface area contributed by atoms with Crippen molar-refractivity contribution in [2.45, 2.75) is 51.2 Å². The lowest BCUT2D eigenvalue weighted by Gasteiger charge is -2.21. The van der Waals surface area contributed by atoms with Gasteiger partial charge in [-0.15, -0.1) is 18.3 Å². The van der Waals surface area contributed by atoms with Crippen LogP contribution in [0.15, 0.2) is 42.4 Å². The van der Waals surface area contributed by atoms with Gasteiger partial charge >= 0.3 is 0 Å². The van der Waals surface area contributed by atoms with Crippen molar-refractivity contribution in [3.8, 4) is 0 Å². The minimum absolute atomic E-state index is 0.635. The number of thioether (sulfide) groups is 1. The molecule has 0 saturated heterocycles. The van der Waals surface area contributed by atoms with E-state index in [9.17, 15) is 0 Å². The number of benzene rings is 1. The summed E-state index contributed by atoms with van der Waals surface area (Å²) in [6, 6.07) is 7.01. The lowest BCUT2D eigenvalue weighted by molar-refractivity contribution is 0.311. The highest BCUT2D eigenvalue weighted by molar-refractivity contribution is 8.15. The van der Waals surface area contributed by atoms with Crippen LogP contribution in [0.5, 0.6) is 0 Å². The second-order valence-corrected chi connectivity index (χ2v) is 9.16. The van der Waals surface area contributed by atoms with Crippen molar-refractivity contribution in [1.29, 1.82) is 0 Å². The highest BCUT2D eigenvalue weighted by atomic mass is 32.2. The van der Waals surface area contributed by atoms with Crippen molar-refractivity contribution in [1.82, 2.24) is 4.90 Å². The SMILES string of the molecule is C=CCCC(Cc1cc(C(=C)CC)cc(C2=NCC(CC)S2)c1)CN(C)C. The predicted molar refractivity (Wildman–Crippen MR) is 124 cm³/mol.